The highest BCUT2D eigenvalue weighted by Crippen LogP contribution is 2.19. The van der Waals surface area contributed by atoms with Crippen LogP contribution in [0.2, 0.25) is 0 Å². The van der Waals surface area contributed by atoms with Crippen LogP contribution in [0.25, 0.3) is 16.7 Å². The summed E-state index contributed by atoms with van der Waals surface area (Å²) in [5, 5.41) is 1.16. The van der Waals surface area contributed by atoms with Crippen LogP contribution in [0, 0.1) is 13.8 Å². The van der Waals surface area contributed by atoms with Gasteiger partial charge in [-0.2, -0.15) is 0 Å². The maximum absolute atomic E-state index is 12.9. The van der Waals surface area contributed by atoms with Crippen molar-refractivity contribution in [2.75, 3.05) is 31.1 Å². The molecule has 0 aliphatic carbocycles. The summed E-state index contributed by atoms with van der Waals surface area (Å²) in [4.78, 5) is 30.3. The predicted octanol–water partition coefficient (Wildman–Crippen LogP) is 2.58. The van der Waals surface area contributed by atoms with Crippen molar-refractivity contribution in [3.05, 3.63) is 66.6 Å². The molecule has 5 rings (SSSR count). The van der Waals surface area contributed by atoms with E-state index in [0.29, 0.717) is 19.6 Å². The Labute approximate surface area is 180 Å². The van der Waals surface area contributed by atoms with Gasteiger partial charge in [0.25, 0.3) is 0 Å². The molecule has 0 radical (unpaired) electrons. The van der Waals surface area contributed by atoms with Crippen molar-refractivity contribution in [1.29, 1.82) is 0 Å². The fraction of sp³-hybridized carbons (Fsp3) is 0.304. The fourth-order valence-corrected chi connectivity index (χ4v) is 4.08. The minimum atomic E-state index is 0.147. The van der Waals surface area contributed by atoms with Gasteiger partial charge in [0.2, 0.25) is 5.91 Å². The zero-order chi connectivity index (χ0) is 21.4. The van der Waals surface area contributed by atoms with Gasteiger partial charge in [0.15, 0.2) is 0 Å². The molecule has 1 fully saturated rings. The monoisotopic (exact) mass is 415 g/mol. The van der Waals surface area contributed by atoms with Crippen LogP contribution in [0.15, 0.2) is 55.2 Å². The topological polar surface area (TPSA) is 72.1 Å². The molecule has 0 atom stereocenters. The maximum Gasteiger partial charge on any atom is 0.242 e. The lowest BCUT2D eigenvalue weighted by molar-refractivity contribution is -0.132. The number of fused-ring (bicyclic) bond motifs is 1. The Bertz CT molecular complexity index is 1230. The smallest absolute Gasteiger partial charge is 0.242 e. The number of benzene rings is 1. The average Bonchev–Trinajstić information content (AvgIpc) is 3.37. The van der Waals surface area contributed by atoms with E-state index in [1.807, 2.05) is 52.3 Å². The summed E-state index contributed by atoms with van der Waals surface area (Å²) in [6, 6.07) is 12.2. The number of hydrogen-bond donors (Lipinski definition) is 0. The van der Waals surface area contributed by atoms with Crippen LogP contribution >= 0.6 is 0 Å². The molecule has 3 aromatic heterocycles. The second-order valence-electron chi connectivity index (χ2n) is 7.89. The molecule has 4 heterocycles. The summed E-state index contributed by atoms with van der Waals surface area (Å²) in [5.74, 6) is 1.83. The van der Waals surface area contributed by atoms with Gasteiger partial charge >= 0.3 is 0 Å². The molecule has 1 amide bonds. The number of aryl methyl sites for hydroxylation is 1. The van der Waals surface area contributed by atoms with Crippen LogP contribution in [0.4, 0.5) is 5.82 Å². The van der Waals surface area contributed by atoms with Crippen LogP contribution in [0.5, 0.6) is 0 Å². The number of aromatic nitrogens is 5. The van der Waals surface area contributed by atoms with Crippen LogP contribution in [-0.2, 0) is 11.3 Å². The number of nitrogens with zero attached hydrogens (tertiary/aromatic N) is 7. The minimum Gasteiger partial charge on any atom is -0.353 e. The number of anilines is 1. The van der Waals surface area contributed by atoms with Gasteiger partial charge in [-0.1, -0.05) is 18.2 Å². The summed E-state index contributed by atoms with van der Waals surface area (Å²) in [6.07, 6.45) is 5.37. The van der Waals surface area contributed by atoms with Gasteiger partial charge in [-0.25, -0.2) is 15.0 Å². The quantitative estimate of drug-likeness (QED) is 0.512. The Kier molecular flexibility index (Phi) is 4.89. The number of amides is 1. The Balaban J connectivity index is 1.25. The highest BCUT2D eigenvalue weighted by Gasteiger charge is 2.23. The number of imidazole rings is 1. The molecular weight excluding hydrogens is 390 g/mol. The number of piperazine rings is 1. The summed E-state index contributed by atoms with van der Waals surface area (Å²) >= 11 is 0. The number of rotatable bonds is 4. The van der Waals surface area contributed by atoms with Gasteiger partial charge in [-0.15, -0.1) is 0 Å². The second-order valence-corrected chi connectivity index (χ2v) is 7.89. The first-order chi connectivity index (χ1) is 15.1. The normalized spacial score (nSPS) is 14.4. The summed E-state index contributed by atoms with van der Waals surface area (Å²) in [7, 11) is 0. The lowest BCUT2D eigenvalue weighted by Crippen LogP contribution is -2.49. The summed E-state index contributed by atoms with van der Waals surface area (Å²) in [5.41, 5.74) is 3.15. The van der Waals surface area contributed by atoms with E-state index in [2.05, 4.69) is 38.1 Å². The molecule has 0 bridgehead atoms. The number of carbonyl (C=O) groups excluding carboxylic acids is 1. The molecule has 158 valence electrons. The zero-order valence-electron chi connectivity index (χ0n) is 17.8. The van der Waals surface area contributed by atoms with Crippen LogP contribution in [0.3, 0.4) is 0 Å². The van der Waals surface area contributed by atoms with E-state index < -0.39 is 0 Å². The van der Waals surface area contributed by atoms with Crippen molar-refractivity contribution in [2.45, 2.75) is 20.4 Å². The molecular formula is C23H25N7O. The highest BCUT2D eigenvalue weighted by molar-refractivity contribution is 5.83. The van der Waals surface area contributed by atoms with E-state index in [1.165, 1.54) is 0 Å². The number of carbonyl (C=O) groups is 1. The summed E-state index contributed by atoms with van der Waals surface area (Å²) in [6.45, 7) is 7.24. The third-order valence-electron chi connectivity index (χ3n) is 6.08. The summed E-state index contributed by atoms with van der Waals surface area (Å²) < 4.78 is 4.00. The third kappa shape index (κ3) is 3.65. The van der Waals surface area contributed by atoms with E-state index in [0.717, 1.165) is 47.0 Å². The molecule has 0 N–H and O–H groups in total. The van der Waals surface area contributed by atoms with Crippen molar-refractivity contribution in [3.8, 4) is 5.82 Å². The largest absolute Gasteiger partial charge is 0.353 e. The fourth-order valence-electron chi connectivity index (χ4n) is 4.08. The molecule has 1 saturated heterocycles. The number of hydrogen-bond acceptors (Lipinski definition) is 5. The first-order valence-corrected chi connectivity index (χ1v) is 10.5. The second kappa shape index (κ2) is 7.86. The molecule has 1 aromatic carbocycles. The van der Waals surface area contributed by atoms with E-state index in [9.17, 15) is 4.79 Å². The van der Waals surface area contributed by atoms with Crippen molar-refractivity contribution < 1.29 is 4.79 Å². The van der Waals surface area contributed by atoms with Gasteiger partial charge < -0.3 is 14.4 Å². The average molecular weight is 416 g/mol. The molecule has 8 heteroatoms. The van der Waals surface area contributed by atoms with E-state index in [1.54, 1.807) is 12.7 Å². The predicted molar refractivity (Wildman–Crippen MR) is 119 cm³/mol. The molecule has 1 aliphatic rings. The molecule has 0 spiro atoms. The Hall–Kier alpha value is -3.68. The minimum absolute atomic E-state index is 0.147. The van der Waals surface area contributed by atoms with Gasteiger partial charge in [0, 0.05) is 49.7 Å². The van der Waals surface area contributed by atoms with Crippen molar-refractivity contribution in [1.82, 2.24) is 29.0 Å². The molecule has 31 heavy (non-hydrogen) atoms. The van der Waals surface area contributed by atoms with E-state index in [4.69, 9.17) is 0 Å². The zero-order valence-corrected chi connectivity index (χ0v) is 17.8. The first kappa shape index (κ1) is 19.3. The van der Waals surface area contributed by atoms with Crippen molar-refractivity contribution in [3.63, 3.8) is 0 Å². The lowest BCUT2D eigenvalue weighted by atomic mass is 10.2. The van der Waals surface area contributed by atoms with Gasteiger partial charge in [0.1, 0.15) is 30.8 Å². The highest BCUT2D eigenvalue weighted by atomic mass is 16.2. The van der Waals surface area contributed by atoms with Crippen molar-refractivity contribution in [2.24, 2.45) is 0 Å². The van der Waals surface area contributed by atoms with E-state index in [-0.39, 0.29) is 5.91 Å². The van der Waals surface area contributed by atoms with Crippen LogP contribution in [0.1, 0.15) is 11.4 Å². The van der Waals surface area contributed by atoms with Gasteiger partial charge in [-0.3, -0.25) is 9.36 Å². The van der Waals surface area contributed by atoms with Gasteiger partial charge in [-0.05, 0) is 31.4 Å². The van der Waals surface area contributed by atoms with Crippen LogP contribution in [-0.4, -0.2) is 61.1 Å². The maximum atomic E-state index is 12.9. The SMILES string of the molecule is Cc1ncn(-c2cc(N3CCN(C(=O)Cn4ccc5ccccc54)CC3)ncn2)c1C. The molecule has 8 nitrogen and oxygen atoms in total. The molecule has 1 aliphatic heterocycles. The Morgan fingerprint density at radius 1 is 0.968 bits per heavy atom. The lowest BCUT2D eigenvalue weighted by Gasteiger charge is -2.35. The third-order valence-corrected chi connectivity index (χ3v) is 6.08. The standard InChI is InChI=1S/C23H25N7O/c1-17-18(2)30(16-26-17)22-13-21(24-15-25-22)27-9-11-28(12-10-27)23(31)14-29-8-7-19-5-3-4-6-20(19)29/h3-8,13,15-16H,9-12,14H2,1-2H3. The Morgan fingerprint density at radius 2 is 1.74 bits per heavy atom. The molecule has 0 unspecified atom stereocenters. The van der Waals surface area contributed by atoms with Crippen LogP contribution < -0.4 is 4.90 Å². The Morgan fingerprint density at radius 3 is 2.52 bits per heavy atom. The van der Waals surface area contributed by atoms with Gasteiger partial charge in [0.05, 0.1) is 5.69 Å². The first-order valence-electron chi connectivity index (χ1n) is 10.5. The van der Waals surface area contributed by atoms with E-state index >= 15 is 0 Å². The molecule has 4 aromatic rings. The number of para-hydroxylation sites is 1. The van der Waals surface area contributed by atoms with Crippen molar-refractivity contribution >= 4 is 22.6 Å². The molecule has 0 saturated carbocycles.